The van der Waals surface area contributed by atoms with Crippen molar-refractivity contribution in [3.8, 4) is 16.5 Å². The number of carbonyl (C=O) groups excluding carboxylic acids is 1. The Labute approximate surface area is 148 Å². The van der Waals surface area contributed by atoms with Crippen molar-refractivity contribution in [2.45, 2.75) is 19.8 Å². The van der Waals surface area contributed by atoms with Gasteiger partial charge in [0, 0.05) is 17.1 Å². The summed E-state index contributed by atoms with van der Waals surface area (Å²) < 4.78 is 9.86. The summed E-state index contributed by atoms with van der Waals surface area (Å²) in [5.74, 6) is 1.21. The lowest BCUT2D eigenvalue weighted by Gasteiger charge is -2.06. The number of aromatic nitrogens is 2. The Kier molecular flexibility index (Phi) is 5.55. The summed E-state index contributed by atoms with van der Waals surface area (Å²) in [7, 11) is 0. The summed E-state index contributed by atoms with van der Waals surface area (Å²) >= 11 is 2.75. The molecule has 0 aliphatic carbocycles. The second kappa shape index (κ2) is 8.03. The third-order valence-corrected chi connectivity index (χ3v) is 4.77. The Morgan fingerprint density at radius 2 is 2.08 bits per heavy atom. The standard InChI is InChI=1S/C17H17N3O2S2/c1-2-3-10-22-13-8-6-12(7-9-13)16(21)19-17-18-15(20-24-17)14-5-4-11-23-14/h4-9,11H,2-3,10H2,1H3,(H,18,19,20,21). The van der Waals surface area contributed by atoms with Crippen molar-refractivity contribution in [2.24, 2.45) is 0 Å². The number of nitrogens with one attached hydrogen (secondary N) is 1. The molecule has 0 saturated heterocycles. The van der Waals surface area contributed by atoms with Crippen molar-refractivity contribution < 1.29 is 9.53 Å². The molecule has 0 aliphatic heterocycles. The van der Waals surface area contributed by atoms with E-state index in [1.54, 1.807) is 23.5 Å². The van der Waals surface area contributed by atoms with Crippen molar-refractivity contribution in [1.29, 1.82) is 0 Å². The van der Waals surface area contributed by atoms with Gasteiger partial charge in [-0.1, -0.05) is 19.4 Å². The van der Waals surface area contributed by atoms with Crippen LogP contribution in [0, 0.1) is 0 Å². The van der Waals surface area contributed by atoms with Crippen LogP contribution in [0.25, 0.3) is 10.7 Å². The highest BCUT2D eigenvalue weighted by molar-refractivity contribution is 7.14. The molecule has 124 valence electrons. The Morgan fingerprint density at radius 3 is 2.79 bits per heavy atom. The SMILES string of the molecule is CCCCOc1ccc(C(=O)Nc2nc(-c3cccs3)ns2)cc1. The number of nitrogens with zero attached hydrogens (tertiary/aromatic N) is 2. The molecular formula is C17H17N3O2S2. The molecule has 24 heavy (non-hydrogen) atoms. The van der Waals surface area contributed by atoms with Crippen molar-refractivity contribution in [3.63, 3.8) is 0 Å². The van der Waals surface area contributed by atoms with Crippen molar-refractivity contribution in [3.05, 3.63) is 47.3 Å². The van der Waals surface area contributed by atoms with Gasteiger partial charge in [-0.15, -0.1) is 11.3 Å². The first-order valence-electron chi connectivity index (χ1n) is 7.68. The van der Waals surface area contributed by atoms with Crippen molar-refractivity contribution in [2.75, 3.05) is 11.9 Å². The molecule has 0 fully saturated rings. The maximum atomic E-state index is 12.3. The van der Waals surface area contributed by atoms with E-state index in [1.807, 2.05) is 29.6 Å². The minimum absolute atomic E-state index is 0.205. The molecule has 2 heterocycles. The van der Waals surface area contributed by atoms with Crippen LogP contribution in [0.1, 0.15) is 30.1 Å². The molecule has 0 aliphatic rings. The van der Waals surface area contributed by atoms with Crippen LogP contribution < -0.4 is 10.1 Å². The predicted molar refractivity (Wildman–Crippen MR) is 98.0 cm³/mol. The van der Waals surface area contributed by atoms with Crippen molar-refractivity contribution >= 4 is 33.9 Å². The van der Waals surface area contributed by atoms with E-state index in [9.17, 15) is 4.79 Å². The third kappa shape index (κ3) is 4.18. The maximum Gasteiger partial charge on any atom is 0.257 e. The average molecular weight is 359 g/mol. The zero-order chi connectivity index (χ0) is 16.8. The van der Waals surface area contributed by atoms with E-state index in [-0.39, 0.29) is 5.91 Å². The minimum atomic E-state index is -0.205. The summed E-state index contributed by atoms with van der Waals surface area (Å²) in [5.41, 5.74) is 0.561. The molecule has 7 heteroatoms. The van der Waals surface area contributed by atoms with E-state index < -0.39 is 0 Å². The molecule has 2 aromatic heterocycles. The lowest BCUT2D eigenvalue weighted by atomic mass is 10.2. The molecule has 0 bridgehead atoms. The predicted octanol–water partition coefficient (Wildman–Crippen LogP) is 4.70. The Bertz CT molecular complexity index is 783. The molecule has 0 atom stereocenters. The van der Waals surface area contributed by atoms with Crippen LogP contribution in [0.5, 0.6) is 5.75 Å². The molecule has 0 unspecified atom stereocenters. The van der Waals surface area contributed by atoms with Gasteiger partial charge >= 0.3 is 0 Å². The van der Waals surface area contributed by atoms with E-state index in [0.29, 0.717) is 23.1 Å². The number of hydrogen-bond donors (Lipinski definition) is 1. The lowest BCUT2D eigenvalue weighted by molar-refractivity contribution is 0.102. The van der Waals surface area contributed by atoms with Gasteiger partial charge in [0.15, 0.2) is 5.82 Å². The molecule has 1 amide bonds. The van der Waals surface area contributed by atoms with Gasteiger partial charge in [-0.2, -0.15) is 9.36 Å². The second-order valence-electron chi connectivity index (χ2n) is 5.08. The van der Waals surface area contributed by atoms with Gasteiger partial charge in [0.2, 0.25) is 5.13 Å². The first-order chi connectivity index (χ1) is 11.8. The zero-order valence-electron chi connectivity index (χ0n) is 13.2. The van der Waals surface area contributed by atoms with Gasteiger partial charge in [0.05, 0.1) is 11.5 Å². The number of hydrogen-bond acceptors (Lipinski definition) is 6. The first-order valence-corrected chi connectivity index (χ1v) is 9.33. The maximum absolute atomic E-state index is 12.3. The fraction of sp³-hybridized carbons (Fsp3) is 0.235. The lowest BCUT2D eigenvalue weighted by Crippen LogP contribution is -2.11. The minimum Gasteiger partial charge on any atom is -0.494 e. The topological polar surface area (TPSA) is 64.1 Å². The van der Waals surface area contributed by atoms with Crippen LogP contribution >= 0.6 is 22.9 Å². The number of ether oxygens (including phenoxy) is 1. The first kappa shape index (κ1) is 16.6. The third-order valence-electron chi connectivity index (χ3n) is 3.27. The quantitative estimate of drug-likeness (QED) is 0.621. The van der Waals surface area contributed by atoms with Crippen LogP contribution in [0.4, 0.5) is 5.13 Å². The molecule has 0 radical (unpaired) electrons. The van der Waals surface area contributed by atoms with Crippen molar-refractivity contribution in [1.82, 2.24) is 9.36 Å². The zero-order valence-corrected chi connectivity index (χ0v) is 14.8. The largest absolute Gasteiger partial charge is 0.494 e. The highest BCUT2D eigenvalue weighted by Crippen LogP contribution is 2.25. The van der Waals surface area contributed by atoms with Crippen LogP contribution in [0.2, 0.25) is 0 Å². The monoisotopic (exact) mass is 359 g/mol. The van der Waals surface area contributed by atoms with Gasteiger partial charge < -0.3 is 4.74 Å². The number of anilines is 1. The highest BCUT2D eigenvalue weighted by Gasteiger charge is 2.11. The number of benzene rings is 1. The Morgan fingerprint density at radius 1 is 1.25 bits per heavy atom. The van der Waals surface area contributed by atoms with Gasteiger partial charge in [-0.3, -0.25) is 10.1 Å². The molecule has 0 spiro atoms. The summed E-state index contributed by atoms with van der Waals surface area (Å²) in [6, 6.07) is 11.0. The summed E-state index contributed by atoms with van der Waals surface area (Å²) in [4.78, 5) is 17.6. The molecule has 3 rings (SSSR count). The van der Waals surface area contributed by atoms with E-state index in [4.69, 9.17) is 4.74 Å². The van der Waals surface area contributed by atoms with Gasteiger partial charge in [0.25, 0.3) is 5.91 Å². The number of carbonyl (C=O) groups is 1. The van der Waals surface area contributed by atoms with E-state index in [0.717, 1.165) is 23.5 Å². The van der Waals surface area contributed by atoms with Crippen LogP contribution in [0.15, 0.2) is 41.8 Å². The molecule has 5 nitrogen and oxygen atoms in total. The smallest absolute Gasteiger partial charge is 0.257 e. The highest BCUT2D eigenvalue weighted by atomic mass is 32.1. The van der Waals surface area contributed by atoms with Crippen LogP contribution in [-0.4, -0.2) is 21.9 Å². The summed E-state index contributed by atoms with van der Waals surface area (Å²) in [6.07, 6.45) is 2.11. The van der Waals surface area contributed by atoms with E-state index in [1.165, 1.54) is 11.5 Å². The average Bonchev–Trinajstić information content (AvgIpc) is 3.27. The summed E-state index contributed by atoms with van der Waals surface area (Å²) in [5, 5.41) is 5.25. The van der Waals surface area contributed by atoms with Gasteiger partial charge in [-0.25, -0.2) is 0 Å². The molecule has 1 aromatic carbocycles. The van der Waals surface area contributed by atoms with Crippen LogP contribution in [-0.2, 0) is 0 Å². The number of thiophene rings is 1. The van der Waals surface area contributed by atoms with Gasteiger partial charge in [-0.05, 0) is 42.1 Å². The van der Waals surface area contributed by atoms with E-state index >= 15 is 0 Å². The Hall–Kier alpha value is -2.25. The number of amides is 1. The number of rotatable bonds is 7. The molecule has 0 saturated carbocycles. The molecule has 1 N–H and O–H groups in total. The number of unbranched alkanes of at least 4 members (excludes halogenated alkanes) is 1. The normalized spacial score (nSPS) is 10.5. The van der Waals surface area contributed by atoms with Crippen LogP contribution in [0.3, 0.4) is 0 Å². The molecule has 3 aromatic rings. The fourth-order valence-corrected chi connectivity index (χ4v) is 3.28. The fourth-order valence-electron chi connectivity index (χ4n) is 1.99. The van der Waals surface area contributed by atoms with Gasteiger partial charge in [0.1, 0.15) is 5.75 Å². The van der Waals surface area contributed by atoms with E-state index in [2.05, 4.69) is 21.6 Å². The molecular weight excluding hydrogens is 342 g/mol. The second-order valence-corrected chi connectivity index (χ2v) is 6.78. The Balaban J connectivity index is 1.60. The summed E-state index contributed by atoms with van der Waals surface area (Å²) in [6.45, 7) is 2.81.